The fraction of sp³-hybridized carbons (Fsp3) is 0.381. The van der Waals surface area contributed by atoms with Crippen molar-refractivity contribution in [3.05, 3.63) is 58.9 Å². The molecule has 0 saturated heterocycles. The maximum absolute atomic E-state index is 14.2. The van der Waals surface area contributed by atoms with Gasteiger partial charge in [-0.05, 0) is 55.0 Å². The number of fused-ring (bicyclic) bond motifs is 1. The first-order valence-corrected chi connectivity index (χ1v) is 9.09. The van der Waals surface area contributed by atoms with Crippen molar-refractivity contribution >= 4 is 11.7 Å². The molecule has 1 aliphatic heterocycles. The number of hydrogen-bond donors (Lipinski definition) is 1. The number of hydrogen-bond acceptors (Lipinski definition) is 4. The molecule has 0 fully saturated rings. The highest BCUT2D eigenvalue weighted by molar-refractivity contribution is 5.69. The highest BCUT2D eigenvalue weighted by Crippen LogP contribution is 2.27. The van der Waals surface area contributed by atoms with Crippen LogP contribution in [0.4, 0.5) is 10.1 Å². The van der Waals surface area contributed by atoms with Crippen molar-refractivity contribution in [2.24, 2.45) is 0 Å². The van der Waals surface area contributed by atoms with Crippen LogP contribution >= 0.6 is 0 Å². The summed E-state index contributed by atoms with van der Waals surface area (Å²) in [6.45, 7) is 3.50. The van der Waals surface area contributed by atoms with Crippen molar-refractivity contribution in [3.8, 4) is 5.75 Å². The number of nitrogens with one attached hydrogen (secondary N) is 1. The molecule has 138 valence electrons. The first-order chi connectivity index (χ1) is 12.7. The lowest BCUT2D eigenvalue weighted by atomic mass is 9.98. The van der Waals surface area contributed by atoms with Gasteiger partial charge in [0.05, 0.1) is 6.61 Å². The van der Waals surface area contributed by atoms with E-state index < -0.39 is 0 Å². The molecule has 4 nitrogen and oxygen atoms in total. The molecule has 0 spiro atoms. The molecular formula is C21H24FNO3. The van der Waals surface area contributed by atoms with Crippen LogP contribution in [-0.2, 0) is 29.0 Å². The topological polar surface area (TPSA) is 47.6 Å². The van der Waals surface area contributed by atoms with Gasteiger partial charge in [-0.25, -0.2) is 4.39 Å². The van der Waals surface area contributed by atoms with Gasteiger partial charge in [-0.3, -0.25) is 4.79 Å². The van der Waals surface area contributed by atoms with Gasteiger partial charge in [-0.1, -0.05) is 18.2 Å². The van der Waals surface area contributed by atoms with Crippen molar-refractivity contribution < 1.29 is 18.7 Å². The third-order valence-electron chi connectivity index (χ3n) is 4.51. The number of aryl methyl sites for hydroxylation is 1. The maximum Gasteiger partial charge on any atom is 0.306 e. The van der Waals surface area contributed by atoms with Gasteiger partial charge in [0.2, 0.25) is 0 Å². The van der Waals surface area contributed by atoms with Gasteiger partial charge in [-0.15, -0.1) is 0 Å². The number of rotatable bonds is 7. The summed E-state index contributed by atoms with van der Waals surface area (Å²) in [5, 5.41) is 3.40. The van der Waals surface area contributed by atoms with E-state index in [1.54, 1.807) is 19.1 Å². The summed E-state index contributed by atoms with van der Waals surface area (Å²) in [6.07, 6.45) is 2.63. The fourth-order valence-electron chi connectivity index (χ4n) is 3.17. The lowest BCUT2D eigenvalue weighted by Gasteiger charge is -2.21. The summed E-state index contributed by atoms with van der Waals surface area (Å²) in [6, 6.07) is 10.9. The molecule has 0 aromatic heterocycles. The van der Waals surface area contributed by atoms with E-state index in [9.17, 15) is 9.18 Å². The Kier molecular flexibility index (Phi) is 6.10. The predicted molar refractivity (Wildman–Crippen MR) is 98.9 cm³/mol. The Hall–Kier alpha value is -2.56. The predicted octanol–water partition coefficient (Wildman–Crippen LogP) is 4.26. The highest BCUT2D eigenvalue weighted by atomic mass is 19.1. The van der Waals surface area contributed by atoms with E-state index >= 15 is 0 Å². The Morgan fingerprint density at radius 2 is 2.12 bits per heavy atom. The second-order valence-electron chi connectivity index (χ2n) is 6.32. The maximum atomic E-state index is 14.2. The van der Waals surface area contributed by atoms with Crippen molar-refractivity contribution in [1.29, 1.82) is 0 Å². The third kappa shape index (κ3) is 4.54. The monoisotopic (exact) mass is 357 g/mol. The summed E-state index contributed by atoms with van der Waals surface area (Å²) >= 11 is 0. The molecule has 5 heteroatoms. The van der Waals surface area contributed by atoms with E-state index in [4.69, 9.17) is 9.47 Å². The van der Waals surface area contributed by atoms with Gasteiger partial charge in [0.25, 0.3) is 0 Å². The Labute approximate surface area is 153 Å². The van der Waals surface area contributed by atoms with E-state index in [1.807, 2.05) is 6.07 Å². The quantitative estimate of drug-likeness (QED) is 0.752. The lowest BCUT2D eigenvalue weighted by Crippen LogP contribution is -2.14. The fourth-order valence-corrected chi connectivity index (χ4v) is 3.17. The van der Waals surface area contributed by atoms with Crippen LogP contribution in [0.2, 0.25) is 0 Å². The lowest BCUT2D eigenvalue weighted by molar-refractivity contribution is -0.143. The molecular weight excluding hydrogens is 333 g/mol. The number of anilines is 1. The molecule has 0 bridgehead atoms. The van der Waals surface area contributed by atoms with E-state index in [2.05, 4.69) is 17.4 Å². The van der Waals surface area contributed by atoms with Crippen LogP contribution in [-0.4, -0.2) is 19.1 Å². The molecule has 0 saturated carbocycles. The summed E-state index contributed by atoms with van der Waals surface area (Å²) < 4.78 is 24.9. The van der Waals surface area contributed by atoms with Crippen molar-refractivity contribution in [2.45, 2.75) is 39.2 Å². The summed E-state index contributed by atoms with van der Waals surface area (Å²) in [4.78, 5) is 11.4. The number of ether oxygens (including phenoxy) is 2. The van der Waals surface area contributed by atoms with Crippen molar-refractivity contribution in [2.75, 3.05) is 18.5 Å². The molecule has 3 rings (SSSR count). The molecule has 1 aliphatic rings. The Balaban J connectivity index is 1.61. The van der Waals surface area contributed by atoms with Gasteiger partial charge in [0.15, 0.2) is 0 Å². The van der Waals surface area contributed by atoms with Crippen LogP contribution in [0.5, 0.6) is 5.75 Å². The number of carbonyl (C=O) groups is 1. The van der Waals surface area contributed by atoms with Crippen LogP contribution in [0.3, 0.4) is 0 Å². The highest BCUT2D eigenvalue weighted by Gasteiger charge is 2.13. The van der Waals surface area contributed by atoms with Crippen LogP contribution in [0.15, 0.2) is 36.4 Å². The normalized spacial score (nSPS) is 12.8. The van der Waals surface area contributed by atoms with E-state index in [-0.39, 0.29) is 18.2 Å². The minimum atomic E-state index is -0.358. The summed E-state index contributed by atoms with van der Waals surface area (Å²) in [7, 11) is 0. The second-order valence-corrected chi connectivity index (χ2v) is 6.32. The van der Waals surface area contributed by atoms with Gasteiger partial charge in [-0.2, -0.15) is 0 Å². The van der Waals surface area contributed by atoms with Crippen LogP contribution in [0, 0.1) is 5.82 Å². The minimum Gasteiger partial charge on any atom is -0.489 e. The molecule has 2 aromatic carbocycles. The van der Waals surface area contributed by atoms with Gasteiger partial charge >= 0.3 is 5.97 Å². The molecule has 0 atom stereocenters. The summed E-state index contributed by atoms with van der Waals surface area (Å²) in [5.41, 5.74) is 4.07. The standard InChI is InChI=1S/C21H24FNO3/c1-2-25-21(24)11-9-15-8-10-17(13-19(15)22)26-14-16-5-3-7-20-18(16)6-4-12-23-20/h3,5,7-8,10,13,23H,2,4,6,9,11-12,14H2,1H3. The molecule has 0 radical (unpaired) electrons. The molecule has 26 heavy (non-hydrogen) atoms. The molecule has 0 aliphatic carbocycles. The molecule has 1 heterocycles. The average Bonchev–Trinajstić information content (AvgIpc) is 2.66. The summed E-state index contributed by atoms with van der Waals surface area (Å²) in [5.74, 6) is -0.179. The second kappa shape index (κ2) is 8.70. The Bertz CT molecular complexity index is 776. The number of halogens is 1. The molecule has 0 unspecified atom stereocenters. The van der Waals surface area contributed by atoms with Gasteiger partial charge in [0, 0.05) is 24.7 Å². The third-order valence-corrected chi connectivity index (χ3v) is 4.51. The molecule has 0 amide bonds. The Morgan fingerprint density at radius 3 is 2.92 bits per heavy atom. The van der Waals surface area contributed by atoms with Crippen LogP contribution in [0.25, 0.3) is 0 Å². The average molecular weight is 357 g/mol. The van der Waals surface area contributed by atoms with E-state index in [0.717, 1.165) is 30.6 Å². The first kappa shape index (κ1) is 18.2. The number of esters is 1. The zero-order valence-corrected chi connectivity index (χ0v) is 15.0. The molecule has 1 N–H and O–H groups in total. The van der Waals surface area contributed by atoms with Crippen molar-refractivity contribution in [1.82, 2.24) is 0 Å². The molecule has 2 aromatic rings. The minimum absolute atomic E-state index is 0.175. The largest absolute Gasteiger partial charge is 0.489 e. The first-order valence-electron chi connectivity index (χ1n) is 9.09. The van der Waals surface area contributed by atoms with Crippen molar-refractivity contribution in [3.63, 3.8) is 0 Å². The van der Waals surface area contributed by atoms with Crippen LogP contribution < -0.4 is 10.1 Å². The SMILES string of the molecule is CCOC(=O)CCc1ccc(OCc2cccc3c2CCCN3)cc1F. The Morgan fingerprint density at radius 1 is 1.23 bits per heavy atom. The number of carbonyl (C=O) groups excluding carboxylic acids is 1. The smallest absolute Gasteiger partial charge is 0.306 e. The zero-order valence-electron chi connectivity index (χ0n) is 15.0. The number of benzene rings is 2. The van der Waals surface area contributed by atoms with E-state index in [1.165, 1.54) is 11.6 Å². The van der Waals surface area contributed by atoms with Gasteiger partial charge in [0.1, 0.15) is 18.2 Å². The van der Waals surface area contributed by atoms with E-state index in [0.29, 0.717) is 30.9 Å². The van der Waals surface area contributed by atoms with Gasteiger partial charge < -0.3 is 14.8 Å². The zero-order chi connectivity index (χ0) is 18.4. The van der Waals surface area contributed by atoms with Crippen LogP contribution in [0.1, 0.15) is 36.5 Å².